The Balaban J connectivity index is 0.00000112. The molecule has 6 heteroatoms. The largest absolute Gasteiger partial charge is 0.306 e. The van der Waals surface area contributed by atoms with Crippen LogP contribution in [0, 0.1) is 11.3 Å². The second-order valence-corrected chi connectivity index (χ2v) is 3.48. The molecule has 2 atom stereocenters. The third-order valence-electron chi connectivity index (χ3n) is 2.45. The molecular weight excluding hydrogens is 219 g/mol. The minimum Gasteiger partial charge on any atom is -0.306 e. The normalized spacial score (nSPS) is 24.6. The summed E-state index contributed by atoms with van der Waals surface area (Å²) in [5.41, 5.74) is 1.26. The number of nitrogens with one attached hydrogen (secondary N) is 1. The van der Waals surface area contributed by atoms with Gasteiger partial charge in [-0.15, -0.1) is 12.4 Å². The molecule has 1 aliphatic rings. The number of alkyl halides is 1. The van der Waals surface area contributed by atoms with Gasteiger partial charge in [-0.3, -0.25) is 4.68 Å². The van der Waals surface area contributed by atoms with Crippen LogP contribution in [-0.4, -0.2) is 22.5 Å². The lowest BCUT2D eigenvalue weighted by Gasteiger charge is -2.04. The van der Waals surface area contributed by atoms with Gasteiger partial charge >= 0.3 is 0 Å². The Morgan fingerprint density at radius 1 is 1.73 bits per heavy atom. The summed E-state index contributed by atoms with van der Waals surface area (Å²) in [5, 5.41) is 15.9. The molecule has 1 aromatic rings. The van der Waals surface area contributed by atoms with Crippen LogP contribution in [-0.2, 0) is 7.05 Å². The molecule has 4 nitrogen and oxygen atoms in total. The number of aryl methyl sites for hydroxylation is 1. The molecule has 2 rings (SSSR count). The van der Waals surface area contributed by atoms with Gasteiger partial charge in [-0.2, -0.15) is 10.4 Å². The van der Waals surface area contributed by atoms with Gasteiger partial charge in [0.15, 0.2) is 0 Å². The van der Waals surface area contributed by atoms with Crippen molar-refractivity contribution in [3.63, 3.8) is 0 Å². The van der Waals surface area contributed by atoms with Crippen molar-refractivity contribution in [3.05, 3.63) is 17.5 Å². The minimum atomic E-state index is -0.799. The Morgan fingerprint density at radius 2 is 2.47 bits per heavy atom. The van der Waals surface area contributed by atoms with Gasteiger partial charge < -0.3 is 5.32 Å². The molecule has 0 spiro atoms. The van der Waals surface area contributed by atoms with Crippen LogP contribution >= 0.6 is 12.4 Å². The molecule has 0 aromatic carbocycles. The van der Waals surface area contributed by atoms with E-state index in [4.69, 9.17) is 5.26 Å². The molecule has 0 radical (unpaired) electrons. The fraction of sp³-hybridized carbons (Fsp3) is 0.556. The first kappa shape index (κ1) is 12.0. The average molecular weight is 231 g/mol. The molecule has 0 saturated carbocycles. The topological polar surface area (TPSA) is 53.6 Å². The summed E-state index contributed by atoms with van der Waals surface area (Å²) in [7, 11) is 1.71. The van der Waals surface area contributed by atoms with Crippen molar-refractivity contribution in [3.8, 4) is 6.07 Å². The number of nitrogens with zero attached hydrogens (tertiary/aromatic N) is 3. The fourth-order valence-corrected chi connectivity index (χ4v) is 1.68. The SMILES string of the molecule is Cl.Cn1nc([C@@H]2C[C@@H](F)CN2)cc1C#N. The van der Waals surface area contributed by atoms with Gasteiger partial charge in [0.1, 0.15) is 17.9 Å². The van der Waals surface area contributed by atoms with Gasteiger partial charge in [0.2, 0.25) is 0 Å². The van der Waals surface area contributed by atoms with E-state index >= 15 is 0 Å². The monoisotopic (exact) mass is 230 g/mol. The lowest BCUT2D eigenvalue weighted by Crippen LogP contribution is -2.14. The van der Waals surface area contributed by atoms with Crippen LogP contribution in [0.15, 0.2) is 6.07 Å². The van der Waals surface area contributed by atoms with E-state index in [1.807, 2.05) is 6.07 Å². The highest BCUT2D eigenvalue weighted by molar-refractivity contribution is 5.85. The molecule has 0 unspecified atom stereocenters. The molecule has 0 amide bonds. The van der Waals surface area contributed by atoms with Gasteiger partial charge in [0.25, 0.3) is 0 Å². The van der Waals surface area contributed by atoms with E-state index in [1.54, 1.807) is 13.1 Å². The maximum atomic E-state index is 12.9. The zero-order chi connectivity index (χ0) is 10.1. The Labute approximate surface area is 93.5 Å². The average Bonchev–Trinajstić information content (AvgIpc) is 2.71. The highest BCUT2D eigenvalue weighted by Crippen LogP contribution is 2.24. The summed E-state index contributed by atoms with van der Waals surface area (Å²) in [4.78, 5) is 0. The van der Waals surface area contributed by atoms with E-state index in [9.17, 15) is 4.39 Å². The van der Waals surface area contributed by atoms with Crippen molar-refractivity contribution < 1.29 is 4.39 Å². The van der Waals surface area contributed by atoms with E-state index in [1.165, 1.54) is 4.68 Å². The molecule has 82 valence electrons. The standard InChI is InChI=1S/C9H11FN4.ClH/c1-14-7(4-11)3-9(13-14)8-2-6(10)5-12-8;/h3,6,8,12H,2,5H2,1H3;1H/t6-,8+;/m1./s1. The molecule has 1 saturated heterocycles. The van der Waals surface area contributed by atoms with E-state index < -0.39 is 6.17 Å². The molecule has 1 aliphatic heterocycles. The van der Waals surface area contributed by atoms with Crippen LogP contribution in [0.3, 0.4) is 0 Å². The molecular formula is C9H12ClFN4. The molecule has 0 aliphatic carbocycles. The second kappa shape index (κ2) is 4.60. The van der Waals surface area contributed by atoms with Crippen LogP contribution in [0.1, 0.15) is 23.9 Å². The number of hydrogen-bond acceptors (Lipinski definition) is 3. The van der Waals surface area contributed by atoms with E-state index in [0.29, 0.717) is 18.7 Å². The Hall–Kier alpha value is -1.12. The van der Waals surface area contributed by atoms with Crippen LogP contribution in [0.4, 0.5) is 4.39 Å². The van der Waals surface area contributed by atoms with Crippen molar-refractivity contribution in [1.29, 1.82) is 5.26 Å². The Bertz CT molecular complexity index is 384. The number of aromatic nitrogens is 2. The zero-order valence-corrected chi connectivity index (χ0v) is 9.09. The molecule has 1 aromatic heterocycles. The van der Waals surface area contributed by atoms with Crippen LogP contribution in [0.5, 0.6) is 0 Å². The number of rotatable bonds is 1. The highest BCUT2D eigenvalue weighted by Gasteiger charge is 2.27. The minimum absolute atomic E-state index is 0. The summed E-state index contributed by atoms with van der Waals surface area (Å²) >= 11 is 0. The fourth-order valence-electron chi connectivity index (χ4n) is 1.68. The van der Waals surface area contributed by atoms with Crippen molar-refractivity contribution >= 4 is 12.4 Å². The van der Waals surface area contributed by atoms with Gasteiger partial charge in [-0.25, -0.2) is 4.39 Å². The zero-order valence-electron chi connectivity index (χ0n) is 8.27. The second-order valence-electron chi connectivity index (χ2n) is 3.48. The van der Waals surface area contributed by atoms with E-state index in [2.05, 4.69) is 10.4 Å². The first-order valence-electron chi connectivity index (χ1n) is 4.52. The molecule has 2 heterocycles. The van der Waals surface area contributed by atoms with Gasteiger partial charge in [0.05, 0.1) is 11.7 Å². The maximum Gasteiger partial charge on any atom is 0.138 e. The molecule has 15 heavy (non-hydrogen) atoms. The predicted octanol–water partition coefficient (Wildman–Crippen LogP) is 1.09. The summed E-state index contributed by atoms with van der Waals surface area (Å²) in [5.74, 6) is 0. The summed E-state index contributed by atoms with van der Waals surface area (Å²) in [6.07, 6.45) is -0.352. The number of halogens is 2. The Kier molecular flexibility index (Phi) is 3.66. The highest BCUT2D eigenvalue weighted by atomic mass is 35.5. The van der Waals surface area contributed by atoms with Crippen LogP contribution in [0.25, 0.3) is 0 Å². The summed E-state index contributed by atoms with van der Waals surface area (Å²) in [6.45, 7) is 0.378. The van der Waals surface area contributed by atoms with E-state index in [0.717, 1.165) is 5.69 Å². The van der Waals surface area contributed by atoms with Gasteiger partial charge in [0, 0.05) is 20.0 Å². The van der Waals surface area contributed by atoms with E-state index in [-0.39, 0.29) is 18.4 Å². The number of hydrogen-bond donors (Lipinski definition) is 1. The predicted molar refractivity (Wildman–Crippen MR) is 55.4 cm³/mol. The quantitative estimate of drug-likeness (QED) is 0.786. The summed E-state index contributed by atoms with van der Waals surface area (Å²) in [6, 6.07) is 3.69. The maximum absolute atomic E-state index is 12.9. The van der Waals surface area contributed by atoms with Crippen molar-refractivity contribution in [1.82, 2.24) is 15.1 Å². The first-order valence-corrected chi connectivity index (χ1v) is 4.52. The third kappa shape index (κ3) is 2.28. The third-order valence-corrected chi connectivity index (χ3v) is 2.45. The van der Waals surface area contributed by atoms with Gasteiger partial charge in [-0.05, 0) is 6.07 Å². The van der Waals surface area contributed by atoms with Gasteiger partial charge in [-0.1, -0.05) is 0 Å². The molecule has 1 N–H and O–H groups in total. The van der Waals surface area contributed by atoms with Crippen molar-refractivity contribution in [2.24, 2.45) is 7.05 Å². The first-order chi connectivity index (χ1) is 6.70. The summed E-state index contributed by atoms with van der Waals surface area (Å²) < 4.78 is 14.4. The smallest absolute Gasteiger partial charge is 0.138 e. The van der Waals surface area contributed by atoms with Crippen molar-refractivity contribution in [2.45, 2.75) is 18.6 Å². The van der Waals surface area contributed by atoms with Crippen LogP contribution in [0.2, 0.25) is 0 Å². The molecule has 1 fully saturated rings. The lowest BCUT2D eigenvalue weighted by atomic mass is 10.1. The lowest BCUT2D eigenvalue weighted by molar-refractivity contribution is 0.355. The molecule has 0 bridgehead atoms. The van der Waals surface area contributed by atoms with Crippen molar-refractivity contribution in [2.75, 3.05) is 6.54 Å². The Morgan fingerprint density at radius 3 is 2.93 bits per heavy atom. The number of nitriles is 1. The van der Waals surface area contributed by atoms with Crippen LogP contribution < -0.4 is 5.32 Å².